The van der Waals surface area contributed by atoms with Crippen LogP contribution in [-0.4, -0.2) is 107 Å². The topological polar surface area (TPSA) is 173 Å². The molecule has 4 saturated carbocycles. The molecule has 0 heterocycles. The normalized spacial score (nSPS) is 41.5. The van der Waals surface area contributed by atoms with Crippen LogP contribution in [0.1, 0.15) is 78.6 Å². The Bertz CT molecular complexity index is 1030. The number of amides is 2. The van der Waals surface area contributed by atoms with Crippen LogP contribution in [0.5, 0.6) is 0 Å². The first-order valence-electron chi connectivity index (χ1n) is 14.7. The minimum absolute atomic E-state index is 0. The molecule has 11 atom stereocenters. The summed E-state index contributed by atoms with van der Waals surface area (Å²) < 4.78 is 30.2. The molecule has 0 spiro atoms. The maximum atomic E-state index is 12.4. The Morgan fingerprint density at radius 2 is 1.68 bits per heavy atom. The monoisotopic (exact) mass is 595 g/mol. The molecule has 0 aromatic heterocycles. The van der Waals surface area contributed by atoms with Gasteiger partial charge < -0.3 is 26.0 Å². The van der Waals surface area contributed by atoms with Crippen molar-refractivity contribution in [3.05, 3.63) is 0 Å². The molecule has 225 valence electrons. The van der Waals surface area contributed by atoms with Gasteiger partial charge in [0.25, 0.3) is 10.1 Å². The Hall–Kier alpha value is -0.270. The van der Waals surface area contributed by atoms with E-state index in [1.807, 2.05) is 0 Å². The van der Waals surface area contributed by atoms with E-state index in [-0.39, 0.29) is 107 Å². The first kappa shape index (κ1) is 34.2. The van der Waals surface area contributed by atoms with Gasteiger partial charge in [0.15, 0.2) is 0 Å². The molecular weight excluding hydrogens is 547 g/mol. The predicted molar refractivity (Wildman–Crippen MR) is 151 cm³/mol. The molecule has 0 saturated heterocycles. The van der Waals surface area contributed by atoms with E-state index in [0.29, 0.717) is 12.8 Å². The van der Waals surface area contributed by atoms with Crippen molar-refractivity contribution in [2.75, 3.05) is 18.8 Å². The number of nitrogens with one attached hydrogen (secondary N) is 2. The van der Waals surface area contributed by atoms with Crippen LogP contribution in [0.15, 0.2) is 0 Å². The zero-order valence-electron chi connectivity index (χ0n) is 24.5. The molecule has 4 aliphatic carbocycles. The predicted octanol–water partition coefficient (Wildman–Crippen LogP) is 1.10. The van der Waals surface area contributed by atoms with Gasteiger partial charge in [0.1, 0.15) is 0 Å². The van der Waals surface area contributed by atoms with Crippen LogP contribution in [-0.2, 0) is 19.7 Å². The van der Waals surface area contributed by atoms with Crippen molar-refractivity contribution in [3.8, 4) is 0 Å². The van der Waals surface area contributed by atoms with E-state index in [9.17, 15) is 33.3 Å². The first-order chi connectivity index (χ1) is 18.2. The molecule has 0 aliphatic heterocycles. The molecule has 4 rings (SSSR count). The summed E-state index contributed by atoms with van der Waals surface area (Å²) in [6.07, 6.45) is 5.44. The SMILES string of the molecule is C[C@H](CCC(=O)NCC(=O)NCCS(=O)(=O)O)[C@H]1CC[C@H]2[C@@H]3[C@H](O)C[C@@H]4C[C@H](O)CC[C@]4(C)[C@H]3C[C@H](O)[C@]12C.[Na]. The third kappa shape index (κ3) is 6.93. The quantitative estimate of drug-likeness (QED) is 0.170. The molecule has 12 heteroatoms. The molecule has 0 bridgehead atoms. The van der Waals surface area contributed by atoms with Gasteiger partial charge in [0.05, 0.1) is 30.6 Å². The average Bonchev–Trinajstić information content (AvgIpc) is 3.20. The van der Waals surface area contributed by atoms with Crippen LogP contribution >= 0.6 is 0 Å². The summed E-state index contributed by atoms with van der Waals surface area (Å²) >= 11 is 0. The smallest absolute Gasteiger partial charge is 0.266 e. The fraction of sp³-hybridized carbons (Fsp3) is 0.929. The Kier molecular flexibility index (Phi) is 11.3. The van der Waals surface area contributed by atoms with E-state index >= 15 is 0 Å². The molecule has 2 amide bonds. The summed E-state index contributed by atoms with van der Waals surface area (Å²) in [6.45, 7) is 6.15. The molecule has 0 aromatic carbocycles. The van der Waals surface area contributed by atoms with Gasteiger partial charge in [-0.1, -0.05) is 20.8 Å². The summed E-state index contributed by atoms with van der Waals surface area (Å²) in [4.78, 5) is 24.2. The van der Waals surface area contributed by atoms with Crippen molar-refractivity contribution in [3.63, 3.8) is 0 Å². The van der Waals surface area contributed by atoms with Crippen molar-refractivity contribution in [1.29, 1.82) is 0 Å². The zero-order valence-corrected chi connectivity index (χ0v) is 27.3. The Labute approximate surface area is 260 Å². The van der Waals surface area contributed by atoms with Gasteiger partial charge in [-0.3, -0.25) is 14.1 Å². The van der Waals surface area contributed by atoms with Gasteiger partial charge in [-0.15, -0.1) is 0 Å². The Morgan fingerprint density at radius 3 is 2.35 bits per heavy atom. The number of hydrogen-bond donors (Lipinski definition) is 6. The van der Waals surface area contributed by atoms with Crippen molar-refractivity contribution in [2.45, 2.75) is 96.9 Å². The van der Waals surface area contributed by atoms with E-state index in [1.165, 1.54) is 0 Å². The van der Waals surface area contributed by atoms with Crippen molar-refractivity contribution in [2.24, 2.45) is 46.3 Å². The third-order valence-corrected chi connectivity index (χ3v) is 12.2. The second-order valence-electron chi connectivity index (χ2n) is 13.5. The molecular formula is C28H48N2NaO8S. The van der Waals surface area contributed by atoms with Crippen LogP contribution in [0.25, 0.3) is 0 Å². The molecule has 4 fully saturated rings. The van der Waals surface area contributed by atoms with Crippen LogP contribution in [0.4, 0.5) is 0 Å². The Balaban J connectivity index is 0.00000441. The second kappa shape index (κ2) is 13.2. The fourth-order valence-corrected chi connectivity index (χ4v) is 9.70. The van der Waals surface area contributed by atoms with E-state index in [4.69, 9.17) is 4.55 Å². The number of aliphatic hydroxyl groups is 3. The van der Waals surface area contributed by atoms with Gasteiger partial charge in [0.2, 0.25) is 11.8 Å². The molecule has 40 heavy (non-hydrogen) atoms. The minimum Gasteiger partial charge on any atom is -0.393 e. The van der Waals surface area contributed by atoms with E-state index in [1.54, 1.807) is 0 Å². The van der Waals surface area contributed by atoms with Crippen LogP contribution in [0.2, 0.25) is 0 Å². The summed E-state index contributed by atoms with van der Waals surface area (Å²) in [5.41, 5.74) is -0.297. The number of carbonyl (C=O) groups is 2. The van der Waals surface area contributed by atoms with Gasteiger partial charge in [-0.05, 0) is 97.7 Å². The van der Waals surface area contributed by atoms with E-state index in [0.717, 1.165) is 38.5 Å². The van der Waals surface area contributed by atoms with Gasteiger partial charge in [-0.2, -0.15) is 8.42 Å². The number of hydrogen-bond acceptors (Lipinski definition) is 7. The summed E-state index contributed by atoms with van der Waals surface area (Å²) in [7, 11) is -4.16. The summed E-state index contributed by atoms with van der Waals surface area (Å²) in [5.74, 6) is -0.0801. The number of aliphatic hydroxyl groups excluding tert-OH is 3. The third-order valence-electron chi connectivity index (χ3n) is 11.5. The number of rotatable bonds is 9. The second-order valence-corrected chi connectivity index (χ2v) is 15.0. The Morgan fingerprint density at radius 1 is 0.975 bits per heavy atom. The minimum atomic E-state index is -4.16. The molecule has 6 N–H and O–H groups in total. The zero-order chi connectivity index (χ0) is 28.8. The van der Waals surface area contributed by atoms with Crippen molar-refractivity contribution in [1.82, 2.24) is 10.6 Å². The average molecular weight is 596 g/mol. The molecule has 0 aromatic rings. The summed E-state index contributed by atoms with van der Waals surface area (Å²) in [6, 6.07) is 0. The maximum absolute atomic E-state index is 12.4. The molecule has 0 unspecified atom stereocenters. The molecule has 1 radical (unpaired) electrons. The van der Waals surface area contributed by atoms with E-state index < -0.39 is 34.0 Å². The largest absolute Gasteiger partial charge is 0.393 e. The van der Waals surface area contributed by atoms with Gasteiger partial charge in [-0.25, -0.2) is 0 Å². The standard InChI is InChI=1S/C28H48N2O8S.Na/c1-16(4-7-24(34)30-15-25(35)29-10-11-39(36,37)38)19-5-6-20-26-21(14-23(33)28(19,20)3)27(2)9-8-18(31)12-17(27)13-22(26)32;/h16-23,26,31-33H,4-15H2,1-3H3,(H,29,35)(H,30,34)(H,36,37,38);/t16-,17+,18-,19-,20+,21+,22-,23+,26+,27+,28-;/m1./s1. The van der Waals surface area contributed by atoms with Gasteiger partial charge >= 0.3 is 0 Å². The van der Waals surface area contributed by atoms with Crippen molar-refractivity contribution < 1.29 is 37.9 Å². The fourth-order valence-electron chi connectivity index (χ4n) is 9.34. The van der Waals surface area contributed by atoms with Crippen molar-refractivity contribution >= 4 is 51.5 Å². The van der Waals surface area contributed by atoms with Gasteiger partial charge in [0, 0.05) is 42.5 Å². The number of carbonyl (C=O) groups excluding carboxylic acids is 2. The van der Waals surface area contributed by atoms with Crippen LogP contribution < -0.4 is 10.6 Å². The van der Waals surface area contributed by atoms with E-state index in [2.05, 4.69) is 31.4 Å². The number of fused-ring (bicyclic) bond motifs is 5. The first-order valence-corrected chi connectivity index (χ1v) is 16.3. The maximum Gasteiger partial charge on any atom is 0.266 e. The molecule has 10 nitrogen and oxygen atoms in total. The van der Waals surface area contributed by atoms with Crippen LogP contribution in [0.3, 0.4) is 0 Å². The molecule has 4 aliphatic rings. The van der Waals surface area contributed by atoms with Crippen LogP contribution in [0, 0.1) is 46.3 Å². The summed E-state index contributed by atoms with van der Waals surface area (Å²) in [5, 5.41) is 38.3.